The number of carbonyl (C=O) groups is 2. The van der Waals surface area contributed by atoms with E-state index in [-0.39, 0.29) is 17.9 Å². The van der Waals surface area contributed by atoms with Crippen molar-refractivity contribution in [2.75, 3.05) is 13.1 Å². The molecule has 1 atom stereocenters. The van der Waals surface area contributed by atoms with Crippen LogP contribution in [0, 0.1) is 0 Å². The van der Waals surface area contributed by atoms with E-state index in [9.17, 15) is 9.59 Å². The highest BCUT2D eigenvalue weighted by atomic mass is 16.2. The highest BCUT2D eigenvalue weighted by Gasteiger charge is 2.26. The van der Waals surface area contributed by atoms with Crippen LogP contribution in [0.4, 0.5) is 0 Å². The number of nitrogens with zero attached hydrogens (tertiary/aromatic N) is 2. The summed E-state index contributed by atoms with van der Waals surface area (Å²) in [5.74, 6) is -0.138. The van der Waals surface area contributed by atoms with Gasteiger partial charge in [-0.3, -0.25) is 9.59 Å². The van der Waals surface area contributed by atoms with Gasteiger partial charge in [0.15, 0.2) is 0 Å². The smallest absolute Gasteiger partial charge is 0.253 e. The molecular formula is C20H20N4O2. The minimum atomic E-state index is -0.151. The number of imidazole rings is 1. The van der Waals surface area contributed by atoms with E-state index >= 15 is 0 Å². The van der Waals surface area contributed by atoms with Crippen LogP contribution in [-0.4, -0.2) is 45.8 Å². The molecular weight excluding hydrogens is 328 g/mol. The molecule has 26 heavy (non-hydrogen) atoms. The van der Waals surface area contributed by atoms with Crippen LogP contribution in [-0.2, 0) is 0 Å². The lowest BCUT2D eigenvalue weighted by Crippen LogP contribution is -2.49. The Balaban J connectivity index is 1.46. The number of para-hydroxylation sites is 1. The van der Waals surface area contributed by atoms with Crippen molar-refractivity contribution in [1.29, 1.82) is 0 Å². The van der Waals surface area contributed by atoms with Crippen molar-refractivity contribution in [2.45, 2.75) is 18.9 Å². The van der Waals surface area contributed by atoms with Gasteiger partial charge in [0.25, 0.3) is 11.8 Å². The Morgan fingerprint density at radius 1 is 1.12 bits per heavy atom. The Bertz CT molecular complexity index is 935. The molecule has 2 heterocycles. The number of rotatable bonds is 3. The molecule has 0 bridgehead atoms. The van der Waals surface area contributed by atoms with Gasteiger partial charge in [0.1, 0.15) is 5.52 Å². The second-order valence-corrected chi connectivity index (χ2v) is 6.53. The molecule has 3 aromatic rings. The zero-order valence-electron chi connectivity index (χ0n) is 14.3. The molecule has 1 aliphatic rings. The van der Waals surface area contributed by atoms with Crippen LogP contribution < -0.4 is 5.32 Å². The van der Waals surface area contributed by atoms with Crippen molar-refractivity contribution in [1.82, 2.24) is 20.2 Å². The molecule has 0 radical (unpaired) electrons. The van der Waals surface area contributed by atoms with Crippen molar-refractivity contribution in [3.63, 3.8) is 0 Å². The maximum atomic E-state index is 12.7. The monoisotopic (exact) mass is 348 g/mol. The van der Waals surface area contributed by atoms with E-state index < -0.39 is 0 Å². The van der Waals surface area contributed by atoms with Gasteiger partial charge in [0.05, 0.1) is 17.4 Å². The number of fused-ring (bicyclic) bond motifs is 1. The van der Waals surface area contributed by atoms with Crippen LogP contribution in [0.2, 0.25) is 0 Å². The molecule has 1 aliphatic heterocycles. The molecule has 6 heteroatoms. The fourth-order valence-electron chi connectivity index (χ4n) is 3.45. The average Bonchev–Trinajstić information content (AvgIpc) is 3.17. The van der Waals surface area contributed by atoms with Gasteiger partial charge in [-0.15, -0.1) is 0 Å². The van der Waals surface area contributed by atoms with Gasteiger partial charge >= 0.3 is 0 Å². The molecule has 1 aromatic heterocycles. The van der Waals surface area contributed by atoms with E-state index in [0.29, 0.717) is 23.2 Å². The highest BCUT2D eigenvalue weighted by Crippen LogP contribution is 2.17. The molecule has 4 rings (SSSR count). The van der Waals surface area contributed by atoms with Crippen LogP contribution in [0.3, 0.4) is 0 Å². The lowest BCUT2D eigenvalue weighted by molar-refractivity contribution is 0.0676. The molecule has 0 aliphatic carbocycles. The zero-order valence-corrected chi connectivity index (χ0v) is 14.3. The SMILES string of the molecule is O=C(NC1CCCN(C(=O)c2ccccc2)C1)c1cccc2[nH]cnc12. The summed E-state index contributed by atoms with van der Waals surface area (Å²) in [5.41, 5.74) is 2.73. The first-order valence-corrected chi connectivity index (χ1v) is 8.79. The first kappa shape index (κ1) is 16.3. The minimum Gasteiger partial charge on any atom is -0.347 e. The summed E-state index contributed by atoms with van der Waals surface area (Å²) in [4.78, 5) is 34.4. The molecule has 2 amide bonds. The van der Waals surface area contributed by atoms with Gasteiger partial charge in [0.2, 0.25) is 0 Å². The molecule has 6 nitrogen and oxygen atoms in total. The van der Waals surface area contributed by atoms with Gasteiger partial charge < -0.3 is 15.2 Å². The Hall–Kier alpha value is -3.15. The fourth-order valence-corrected chi connectivity index (χ4v) is 3.45. The Kier molecular flexibility index (Phi) is 4.39. The molecule has 0 spiro atoms. The number of hydrogen-bond acceptors (Lipinski definition) is 3. The quantitative estimate of drug-likeness (QED) is 0.764. The van der Waals surface area contributed by atoms with E-state index in [0.717, 1.165) is 24.9 Å². The number of nitrogens with one attached hydrogen (secondary N) is 2. The number of hydrogen-bond donors (Lipinski definition) is 2. The molecule has 132 valence electrons. The van der Waals surface area contributed by atoms with Gasteiger partial charge in [0, 0.05) is 24.7 Å². The number of amides is 2. The van der Waals surface area contributed by atoms with Crippen LogP contribution in [0.15, 0.2) is 54.9 Å². The summed E-state index contributed by atoms with van der Waals surface area (Å²) >= 11 is 0. The van der Waals surface area contributed by atoms with Gasteiger partial charge in [-0.1, -0.05) is 24.3 Å². The predicted molar refractivity (Wildman–Crippen MR) is 98.9 cm³/mol. The molecule has 1 unspecified atom stereocenters. The average molecular weight is 348 g/mol. The van der Waals surface area contributed by atoms with E-state index in [1.165, 1.54) is 0 Å². The summed E-state index contributed by atoms with van der Waals surface area (Å²) < 4.78 is 0. The number of piperidine rings is 1. The summed E-state index contributed by atoms with van der Waals surface area (Å²) in [6, 6.07) is 14.7. The second kappa shape index (κ2) is 7.00. The van der Waals surface area contributed by atoms with Crippen LogP contribution in [0.1, 0.15) is 33.6 Å². The summed E-state index contributed by atoms with van der Waals surface area (Å²) in [5, 5.41) is 3.07. The number of benzene rings is 2. The van der Waals surface area contributed by atoms with Crippen molar-refractivity contribution in [3.05, 3.63) is 66.0 Å². The summed E-state index contributed by atoms with van der Waals surface area (Å²) in [7, 11) is 0. The van der Waals surface area contributed by atoms with Crippen molar-refractivity contribution < 1.29 is 9.59 Å². The molecule has 0 saturated carbocycles. The van der Waals surface area contributed by atoms with E-state index in [2.05, 4.69) is 15.3 Å². The third-order valence-corrected chi connectivity index (χ3v) is 4.76. The highest BCUT2D eigenvalue weighted by molar-refractivity contribution is 6.04. The lowest BCUT2D eigenvalue weighted by atomic mass is 10.0. The Morgan fingerprint density at radius 2 is 1.96 bits per heavy atom. The standard InChI is InChI=1S/C20H20N4O2/c25-19(16-9-4-10-17-18(16)22-13-21-17)23-15-8-5-11-24(12-15)20(26)14-6-2-1-3-7-14/h1-4,6-7,9-10,13,15H,5,8,11-12H2,(H,21,22)(H,23,25). The van der Waals surface area contributed by atoms with Crippen LogP contribution >= 0.6 is 0 Å². The summed E-state index contributed by atoms with van der Waals surface area (Å²) in [6.07, 6.45) is 3.32. The Morgan fingerprint density at radius 3 is 2.81 bits per heavy atom. The number of carbonyl (C=O) groups excluding carboxylic acids is 2. The molecule has 1 saturated heterocycles. The van der Waals surface area contributed by atoms with E-state index in [4.69, 9.17) is 0 Å². The van der Waals surface area contributed by atoms with E-state index in [1.54, 1.807) is 12.4 Å². The Labute approximate surface area is 151 Å². The number of H-pyrrole nitrogens is 1. The first-order valence-electron chi connectivity index (χ1n) is 8.79. The van der Waals surface area contributed by atoms with E-state index in [1.807, 2.05) is 47.4 Å². The van der Waals surface area contributed by atoms with Gasteiger partial charge in [-0.25, -0.2) is 4.98 Å². The number of aromatic nitrogens is 2. The zero-order chi connectivity index (χ0) is 17.9. The third kappa shape index (κ3) is 3.18. The first-order chi connectivity index (χ1) is 12.7. The van der Waals surface area contributed by atoms with Crippen LogP contribution in [0.25, 0.3) is 11.0 Å². The molecule has 2 N–H and O–H groups in total. The second-order valence-electron chi connectivity index (χ2n) is 6.53. The van der Waals surface area contributed by atoms with Gasteiger partial charge in [-0.05, 0) is 37.1 Å². The third-order valence-electron chi connectivity index (χ3n) is 4.76. The van der Waals surface area contributed by atoms with Crippen molar-refractivity contribution >= 4 is 22.8 Å². The maximum absolute atomic E-state index is 12.7. The topological polar surface area (TPSA) is 78.1 Å². The van der Waals surface area contributed by atoms with Crippen LogP contribution in [0.5, 0.6) is 0 Å². The van der Waals surface area contributed by atoms with Gasteiger partial charge in [-0.2, -0.15) is 0 Å². The van der Waals surface area contributed by atoms with Crippen molar-refractivity contribution in [3.8, 4) is 0 Å². The normalized spacial score (nSPS) is 17.2. The maximum Gasteiger partial charge on any atom is 0.253 e. The van der Waals surface area contributed by atoms with Crippen molar-refractivity contribution in [2.24, 2.45) is 0 Å². The molecule has 2 aromatic carbocycles. The number of aromatic amines is 1. The fraction of sp³-hybridized carbons (Fsp3) is 0.250. The largest absolute Gasteiger partial charge is 0.347 e. The minimum absolute atomic E-state index is 0.0129. The molecule has 1 fully saturated rings. The summed E-state index contributed by atoms with van der Waals surface area (Å²) in [6.45, 7) is 1.24. The predicted octanol–water partition coefficient (Wildman–Crippen LogP) is 2.60. The lowest BCUT2D eigenvalue weighted by Gasteiger charge is -2.33. The number of likely N-dealkylation sites (tertiary alicyclic amines) is 1.